The molecule has 0 amide bonds. The van der Waals surface area contributed by atoms with E-state index in [4.69, 9.17) is 0 Å². The van der Waals surface area contributed by atoms with Gasteiger partial charge in [0, 0.05) is 5.92 Å². The van der Waals surface area contributed by atoms with E-state index >= 15 is 0 Å². The van der Waals surface area contributed by atoms with E-state index in [2.05, 4.69) is 53.7 Å². The van der Waals surface area contributed by atoms with Crippen LogP contribution >= 0.6 is 0 Å². The summed E-state index contributed by atoms with van der Waals surface area (Å²) >= 11 is 0. The highest BCUT2D eigenvalue weighted by atomic mass is 14.5. The van der Waals surface area contributed by atoms with Gasteiger partial charge in [0.25, 0.3) is 0 Å². The molecule has 5 atom stereocenters. The third-order valence-corrected chi connectivity index (χ3v) is 7.98. The first-order valence-corrected chi connectivity index (χ1v) is 10.8. The molecule has 25 heavy (non-hydrogen) atoms. The third kappa shape index (κ3) is 3.83. The van der Waals surface area contributed by atoms with Gasteiger partial charge in [0.05, 0.1) is 0 Å². The number of fused-ring (bicyclic) bond motifs is 2. The van der Waals surface area contributed by atoms with Gasteiger partial charge in [-0.3, -0.25) is 0 Å². The van der Waals surface area contributed by atoms with Gasteiger partial charge in [-0.1, -0.05) is 48.3 Å². The fraction of sp³-hybridized carbons (Fsp3) is 0.760. The summed E-state index contributed by atoms with van der Waals surface area (Å²) in [5.74, 6) is 3.47. The van der Waals surface area contributed by atoms with Gasteiger partial charge in [0.15, 0.2) is 0 Å². The van der Waals surface area contributed by atoms with Gasteiger partial charge >= 0.3 is 0 Å². The van der Waals surface area contributed by atoms with Crippen LogP contribution in [0.1, 0.15) is 92.9 Å². The van der Waals surface area contributed by atoms with E-state index < -0.39 is 0 Å². The van der Waals surface area contributed by atoms with Crippen molar-refractivity contribution in [3.8, 4) is 0 Å². The van der Waals surface area contributed by atoms with Crippen LogP contribution in [0.2, 0.25) is 0 Å². The Balaban J connectivity index is 1.79. The lowest BCUT2D eigenvalue weighted by Crippen LogP contribution is -2.30. The van der Waals surface area contributed by atoms with Gasteiger partial charge in [0.1, 0.15) is 0 Å². The lowest BCUT2D eigenvalue weighted by atomic mass is 9.65. The van der Waals surface area contributed by atoms with E-state index in [0.29, 0.717) is 5.41 Å². The quantitative estimate of drug-likeness (QED) is 0.457. The Labute approximate surface area is 156 Å². The summed E-state index contributed by atoms with van der Waals surface area (Å²) in [5, 5.41) is 0. The minimum Gasteiger partial charge on any atom is -0.0859 e. The molecule has 3 aliphatic carbocycles. The first kappa shape index (κ1) is 19.0. The van der Waals surface area contributed by atoms with Crippen molar-refractivity contribution in [1.29, 1.82) is 0 Å². The maximum Gasteiger partial charge on any atom is 0.000998 e. The maximum atomic E-state index is 2.65. The van der Waals surface area contributed by atoms with Gasteiger partial charge in [-0.25, -0.2) is 0 Å². The molecule has 0 saturated heterocycles. The van der Waals surface area contributed by atoms with Crippen LogP contribution in [0.5, 0.6) is 0 Å². The molecule has 0 nitrogen and oxygen atoms in total. The predicted molar refractivity (Wildman–Crippen MR) is 111 cm³/mol. The molecule has 0 heterocycles. The van der Waals surface area contributed by atoms with Crippen LogP contribution in [0.3, 0.4) is 0 Å². The molecule has 3 aliphatic rings. The second-order valence-electron chi connectivity index (χ2n) is 10.1. The van der Waals surface area contributed by atoms with Crippen molar-refractivity contribution >= 4 is 0 Å². The van der Waals surface area contributed by atoms with Crippen molar-refractivity contribution < 1.29 is 0 Å². The summed E-state index contributed by atoms with van der Waals surface area (Å²) in [4.78, 5) is 0. The molecule has 0 radical (unpaired) electrons. The Morgan fingerprint density at radius 3 is 2.76 bits per heavy atom. The Bertz CT molecular complexity index is 583. The minimum atomic E-state index is 0.547. The topological polar surface area (TPSA) is 0 Å². The molecule has 3 rings (SSSR count). The molecule has 0 N–H and O–H groups in total. The standard InChI is InChI=1S/C25H40/c1-17(2)8-7-9-18(3)22-14-15-25(6)16-23-20(5)10-12-21(23)19(4)11-13-24(22)25/h8,11,18,21-22,24H,7,9-10,12-16H2,1-6H3/b19-11-/t18-,21-,22+,24+,25-/m0/s1. The lowest BCUT2D eigenvalue weighted by molar-refractivity contribution is 0.153. The molecule has 0 aromatic heterocycles. The molecule has 0 spiro atoms. The zero-order valence-electron chi connectivity index (χ0n) is 17.6. The van der Waals surface area contributed by atoms with Gasteiger partial charge in [-0.2, -0.15) is 0 Å². The van der Waals surface area contributed by atoms with Gasteiger partial charge in [0.2, 0.25) is 0 Å². The summed E-state index contributed by atoms with van der Waals surface area (Å²) < 4.78 is 0. The molecule has 1 fully saturated rings. The van der Waals surface area contributed by atoms with E-state index in [1.54, 1.807) is 11.1 Å². The molecule has 0 aliphatic heterocycles. The van der Waals surface area contributed by atoms with Gasteiger partial charge in [-0.05, 0) is 102 Å². The highest BCUT2D eigenvalue weighted by Gasteiger charge is 2.48. The van der Waals surface area contributed by atoms with Crippen LogP contribution in [0.15, 0.2) is 34.4 Å². The van der Waals surface area contributed by atoms with Gasteiger partial charge < -0.3 is 0 Å². The first-order chi connectivity index (χ1) is 11.8. The first-order valence-electron chi connectivity index (χ1n) is 10.8. The largest absolute Gasteiger partial charge is 0.0859 e. The Morgan fingerprint density at radius 1 is 1.28 bits per heavy atom. The van der Waals surface area contributed by atoms with Gasteiger partial charge in [-0.15, -0.1) is 0 Å². The van der Waals surface area contributed by atoms with E-state index in [9.17, 15) is 0 Å². The fourth-order valence-electron chi connectivity index (χ4n) is 6.27. The summed E-state index contributed by atoms with van der Waals surface area (Å²) in [6.07, 6.45) is 16.1. The Kier molecular flexibility index (Phi) is 5.66. The average molecular weight is 341 g/mol. The predicted octanol–water partition coefficient (Wildman–Crippen LogP) is 7.87. The third-order valence-electron chi connectivity index (χ3n) is 7.98. The van der Waals surface area contributed by atoms with Crippen molar-refractivity contribution in [3.05, 3.63) is 34.4 Å². The molecule has 0 bridgehead atoms. The van der Waals surface area contributed by atoms with Crippen molar-refractivity contribution in [2.24, 2.45) is 29.1 Å². The highest BCUT2D eigenvalue weighted by molar-refractivity contribution is 5.32. The molecule has 0 aromatic carbocycles. The second kappa shape index (κ2) is 7.45. The molecular formula is C25H40. The summed E-state index contributed by atoms with van der Waals surface area (Å²) in [7, 11) is 0. The smallest absolute Gasteiger partial charge is 0.000998 e. The normalized spacial score (nSPS) is 38.3. The molecule has 1 saturated carbocycles. The molecule has 0 aromatic rings. The van der Waals surface area contributed by atoms with E-state index in [1.165, 1.54) is 56.9 Å². The Hall–Kier alpha value is -0.780. The molecule has 0 heteroatoms. The molecule has 0 unspecified atom stereocenters. The summed E-state index contributed by atoms with van der Waals surface area (Å²) in [6.45, 7) is 14.4. The maximum absolute atomic E-state index is 2.65. The number of rotatable bonds is 4. The van der Waals surface area contributed by atoms with Crippen LogP contribution in [-0.4, -0.2) is 0 Å². The van der Waals surface area contributed by atoms with E-state index in [1.807, 2.05) is 5.57 Å². The summed E-state index contributed by atoms with van der Waals surface area (Å²) in [5.41, 5.74) is 7.25. The van der Waals surface area contributed by atoms with Crippen molar-refractivity contribution in [2.45, 2.75) is 92.9 Å². The zero-order chi connectivity index (χ0) is 18.2. The summed E-state index contributed by atoms with van der Waals surface area (Å²) in [6, 6.07) is 0. The fourth-order valence-corrected chi connectivity index (χ4v) is 6.27. The van der Waals surface area contributed by atoms with E-state index in [0.717, 1.165) is 23.7 Å². The van der Waals surface area contributed by atoms with Crippen LogP contribution in [-0.2, 0) is 0 Å². The monoisotopic (exact) mass is 340 g/mol. The molecule has 140 valence electrons. The van der Waals surface area contributed by atoms with Crippen LogP contribution < -0.4 is 0 Å². The average Bonchev–Trinajstić information content (AvgIpc) is 3.04. The van der Waals surface area contributed by atoms with Crippen LogP contribution in [0.4, 0.5) is 0 Å². The lowest BCUT2D eigenvalue weighted by Gasteiger charge is -2.39. The number of hydrogen-bond donors (Lipinski definition) is 0. The SMILES string of the molecule is CC(C)=CCC[C@H](C)[C@H]1CC[C@@]2(C)CC3=C(C)CC[C@H]3/C(C)=C\C[C@H]12. The van der Waals surface area contributed by atoms with Crippen LogP contribution in [0, 0.1) is 29.1 Å². The minimum absolute atomic E-state index is 0.547. The van der Waals surface area contributed by atoms with E-state index in [-0.39, 0.29) is 0 Å². The van der Waals surface area contributed by atoms with Crippen molar-refractivity contribution in [3.63, 3.8) is 0 Å². The van der Waals surface area contributed by atoms with Crippen molar-refractivity contribution in [1.82, 2.24) is 0 Å². The number of hydrogen-bond acceptors (Lipinski definition) is 0. The van der Waals surface area contributed by atoms with Crippen molar-refractivity contribution in [2.75, 3.05) is 0 Å². The highest BCUT2D eigenvalue weighted by Crippen LogP contribution is 2.58. The zero-order valence-corrected chi connectivity index (χ0v) is 17.6. The number of allylic oxidation sites excluding steroid dienone is 6. The second-order valence-corrected chi connectivity index (χ2v) is 10.1. The van der Waals surface area contributed by atoms with Crippen LogP contribution in [0.25, 0.3) is 0 Å². The Morgan fingerprint density at radius 2 is 2.04 bits per heavy atom. The molecular weight excluding hydrogens is 300 g/mol.